The van der Waals surface area contributed by atoms with Crippen molar-refractivity contribution >= 4 is 17.4 Å². The summed E-state index contributed by atoms with van der Waals surface area (Å²) in [7, 11) is 0. The number of fused-ring (bicyclic) bond motifs is 3. The summed E-state index contributed by atoms with van der Waals surface area (Å²) < 4.78 is 48.0. The second-order valence-corrected chi connectivity index (χ2v) is 9.08. The van der Waals surface area contributed by atoms with Gasteiger partial charge >= 0.3 is 5.69 Å². The quantitative estimate of drug-likeness (QED) is 0.507. The van der Waals surface area contributed by atoms with Crippen LogP contribution in [0.25, 0.3) is 0 Å². The first-order valence-electron chi connectivity index (χ1n) is 10.8. The van der Waals surface area contributed by atoms with Crippen molar-refractivity contribution in [3.8, 4) is 17.2 Å². The lowest BCUT2D eigenvalue weighted by atomic mass is 9.92. The molecular weight excluding hydrogens is 470 g/mol. The van der Waals surface area contributed by atoms with Gasteiger partial charge in [0, 0.05) is 31.8 Å². The van der Waals surface area contributed by atoms with Crippen LogP contribution in [0.5, 0.6) is 17.2 Å². The fourth-order valence-electron chi connectivity index (χ4n) is 5.02. The maximum absolute atomic E-state index is 14.7. The number of nitrogens with zero attached hydrogens (tertiary/aromatic N) is 4. The fraction of sp³-hybridized carbons (Fsp3) is 0.348. The fourth-order valence-corrected chi connectivity index (χ4v) is 5.19. The van der Waals surface area contributed by atoms with Gasteiger partial charge in [0.05, 0.1) is 24.4 Å². The van der Waals surface area contributed by atoms with Crippen molar-refractivity contribution in [2.24, 2.45) is 0 Å². The maximum atomic E-state index is 14.7. The van der Waals surface area contributed by atoms with Gasteiger partial charge in [-0.15, -0.1) is 0 Å². The van der Waals surface area contributed by atoms with E-state index in [0.717, 1.165) is 25.0 Å². The topological polar surface area (TPSA) is 78.7 Å². The summed E-state index contributed by atoms with van der Waals surface area (Å²) in [5.41, 5.74) is -0.239. The van der Waals surface area contributed by atoms with Gasteiger partial charge in [-0.1, -0.05) is 11.6 Å². The average molecular weight is 489 g/mol. The minimum atomic E-state index is -0.885. The predicted octanol–water partition coefficient (Wildman–Crippen LogP) is 3.69. The Kier molecular flexibility index (Phi) is 4.96. The number of benzene rings is 1. The Labute approximate surface area is 197 Å². The number of anilines is 1. The molecule has 34 heavy (non-hydrogen) atoms. The molecule has 5 heterocycles. The molecule has 0 N–H and O–H groups in total. The van der Waals surface area contributed by atoms with Gasteiger partial charge in [-0.2, -0.15) is 4.98 Å². The molecular formula is C23H19ClF2N4O4. The summed E-state index contributed by atoms with van der Waals surface area (Å²) >= 11 is 5.80. The van der Waals surface area contributed by atoms with Gasteiger partial charge in [0.25, 0.3) is 0 Å². The van der Waals surface area contributed by atoms with Crippen molar-refractivity contribution < 1.29 is 23.0 Å². The Bertz CT molecular complexity index is 1330. The van der Waals surface area contributed by atoms with E-state index in [2.05, 4.69) is 14.9 Å². The van der Waals surface area contributed by atoms with Crippen molar-refractivity contribution in [3.05, 3.63) is 69.5 Å². The van der Waals surface area contributed by atoms with E-state index in [1.165, 1.54) is 24.5 Å². The second kappa shape index (κ2) is 7.92. The monoisotopic (exact) mass is 488 g/mol. The zero-order valence-electron chi connectivity index (χ0n) is 17.8. The zero-order valence-corrected chi connectivity index (χ0v) is 18.6. The molecule has 0 amide bonds. The smallest absolute Gasteiger partial charge is 0.349 e. The summed E-state index contributed by atoms with van der Waals surface area (Å²) in [5, 5.41) is 0.141. The van der Waals surface area contributed by atoms with Crippen LogP contribution in [0, 0.1) is 11.6 Å². The molecule has 11 heteroatoms. The number of aromatic nitrogens is 3. The highest BCUT2D eigenvalue weighted by Gasteiger charge is 2.55. The van der Waals surface area contributed by atoms with Gasteiger partial charge in [-0.05, 0) is 30.2 Å². The zero-order chi connectivity index (χ0) is 23.4. The molecule has 2 fully saturated rings. The lowest BCUT2D eigenvalue weighted by Crippen LogP contribution is -2.54. The van der Waals surface area contributed by atoms with E-state index in [-0.39, 0.29) is 40.4 Å². The molecule has 0 radical (unpaired) electrons. The van der Waals surface area contributed by atoms with Crippen molar-refractivity contribution in [2.45, 2.75) is 37.6 Å². The Hall–Kier alpha value is -3.24. The molecule has 3 aliphatic heterocycles. The molecule has 2 bridgehead atoms. The van der Waals surface area contributed by atoms with E-state index in [0.29, 0.717) is 31.3 Å². The van der Waals surface area contributed by atoms with E-state index in [1.54, 1.807) is 4.57 Å². The third kappa shape index (κ3) is 3.48. The Morgan fingerprint density at radius 1 is 1.24 bits per heavy atom. The van der Waals surface area contributed by atoms with Crippen LogP contribution < -0.4 is 20.1 Å². The van der Waals surface area contributed by atoms with Gasteiger partial charge in [0.15, 0.2) is 29.0 Å². The van der Waals surface area contributed by atoms with Crippen molar-refractivity contribution in [1.29, 1.82) is 0 Å². The van der Waals surface area contributed by atoms with Crippen molar-refractivity contribution in [2.75, 3.05) is 18.1 Å². The number of hydrogen-bond donors (Lipinski definition) is 0. The van der Waals surface area contributed by atoms with Crippen LogP contribution in [-0.4, -0.2) is 39.3 Å². The Balaban J connectivity index is 1.25. The lowest BCUT2D eigenvalue weighted by Gasteiger charge is -2.44. The molecule has 6 rings (SSSR count). The number of pyridine rings is 1. The summed E-state index contributed by atoms with van der Waals surface area (Å²) in [6.07, 6.45) is 4.56. The summed E-state index contributed by atoms with van der Waals surface area (Å²) in [4.78, 5) is 22.3. The van der Waals surface area contributed by atoms with Crippen LogP contribution in [0.15, 0.2) is 41.5 Å². The van der Waals surface area contributed by atoms with Gasteiger partial charge in [-0.3, -0.25) is 4.57 Å². The SMILES string of the molecule is O=c1ncc(OCc2cc(F)c(Oc3ccnc(Cl)c3)c(F)c2)c2n1CCC13COC(CN21)C3. The average Bonchev–Trinajstić information content (AvgIpc) is 3.39. The first-order valence-corrected chi connectivity index (χ1v) is 11.2. The molecule has 1 aromatic carbocycles. The highest BCUT2D eigenvalue weighted by atomic mass is 35.5. The van der Waals surface area contributed by atoms with E-state index in [1.807, 2.05) is 0 Å². The number of morpholine rings is 1. The molecule has 3 aromatic rings. The maximum Gasteiger partial charge on any atom is 0.349 e. The molecule has 0 saturated carbocycles. The number of rotatable bonds is 5. The second-order valence-electron chi connectivity index (χ2n) is 8.70. The highest BCUT2D eigenvalue weighted by molar-refractivity contribution is 6.29. The van der Waals surface area contributed by atoms with Crippen molar-refractivity contribution in [3.63, 3.8) is 0 Å². The van der Waals surface area contributed by atoms with Crippen molar-refractivity contribution in [1.82, 2.24) is 14.5 Å². The lowest BCUT2D eigenvalue weighted by molar-refractivity contribution is 0.0771. The van der Waals surface area contributed by atoms with Gasteiger partial charge in [0.1, 0.15) is 17.5 Å². The molecule has 0 aliphatic carbocycles. The van der Waals surface area contributed by atoms with Crippen LogP contribution in [0.2, 0.25) is 5.15 Å². The van der Waals surface area contributed by atoms with E-state index in [4.69, 9.17) is 25.8 Å². The first kappa shape index (κ1) is 21.3. The first-order chi connectivity index (χ1) is 16.4. The van der Waals surface area contributed by atoms with Crippen LogP contribution >= 0.6 is 11.6 Å². The van der Waals surface area contributed by atoms with Crippen LogP contribution in [0.1, 0.15) is 18.4 Å². The Morgan fingerprint density at radius 3 is 2.82 bits per heavy atom. The molecule has 3 aliphatic rings. The molecule has 2 unspecified atom stereocenters. The molecule has 2 atom stereocenters. The molecule has 8 nitrogen and oxygen atoms in total. The standard InChI is InChI=1S/C23H19ClF2N4O4/c24-19-7-14(1-3-27-19)34-20-16(25)5-13(6-17(20)26)11-32-18-9-28-22(31)29-4-2-23-8-15(33-12-23)10-30(23)21(18)29/h1,3,5-7,9,15H,2,4,8,10-12H2. The highest BCUT2D eigenvalue weighted by Crippen LogP contribution is 2.48. The minimum Gasteiger partial charge on any atom is -0.483 e. The number of ether oxygens (including phenoxy) is 3. The third-order valence-electron chi connectivity index (χ3n) is 6.58. The Morgan fingerprint density at radius 2 is 2.06 bits per heavy atom. The molecule has 176 valence electrons. The number of hydrogen-bond acceptors (Lipinski definition) is 7. The normalized spacial score (nSPS) is 22.4. The summed E-state index contributed by atoms with van der Waals surface area (Å²) in [6.45, 7) is 1.66. The van der Waals surface area contributed by atoms with E-state index >= 15 is 0 Å². The third-order valence-corrected chi connectivity index (χ3v) is 6.79. The molecule has 2 aromatic heterocycles. The molecule has 1 spiro atoms. The number of halogens is 3. The van der Waals surface area contributed by atoms with E-state index < -0.39 is 17.4 Å². The van der Waals surface area contributed by atoms with Gasteiger partial charge in [0.2, 0.25) is 0 Å². The van der Waals surface area contributed by atoms with Gasteiger partial charge < -0.3 is 19.1 Å². The van der Waals surface area contributed by atoms with Crippen LogP contribution in [0.4, 0.5) is 14.6 Å². The van der Waals surface area contributed by atoms with Gasteiger partial charge in [-0.25, -0.2) is 18.6 Å². The van der Waals surface area contributed by atoms with E-state index in [9.17, 15) is 13.6 Å². The molecule has 2 saturated heterocycles. The summed E-state index contributed by atoms with van der Waals surface area (Å²) in [5.74, 6) is -1.13. The van der Waals surface area contributed by atoms with Crippen LogP contribution in [-0.2, 0) is 17.9 Å². The predicted molar refractivity (Wildman–Crippen MR) is 118 cm³/mol. The largest absolute Gasteiger partial charge is 0.483 e. The van der Waals surface area contributed by atoms with Crippen LogP contribution in [0.3, 0.4) is 0 Å². The minimum absolute atomic E-state index is 0.119. The summed E-state index contributed by atoms with van der Waals surface area (Å²) in [6, 6.07) is 5.08.